The molecule has 14 heavy (non-hydrogen) atoms. The van der Waals surface area contributed by atoms with Crippen LogP contribution in [0.2, 0.25) is 0 Å². The van der Waals surface area contributed by atoms with Crippen molar-refractivity contribution in [2.45, 2.75) is 11.8 Å². The lowest BCUT2D eigenvalue weighted by molar-refractivity contribution is 0.484. The summed E-state index contributed by atoms with van der Waals surface area (Å²) >= 11 is 0. The van der Waals surface area contributed by atoms with E-state index in [4.69, 9.17) is 4.55 Å². The third kappa shape index (κ3) is 1.36. The maximum atomic E-state index is 10.9. The number of nitrogens with zero attached hydrogens (tertiary/aromatic N) is 3. The standard InChI is InChI=1S/C7H7N3O3S/c1-5-2-3-10-7(9-5)6(4-8-10)14(11,12)13/h2-4H,1H3,(H,11,12,13). The Bertz CT molecular complexity index is 587. The zero-order valence-electron chi connectivity index (χ0n) is 7.25. The molecular weight excluding hydrogens is 206 g/mol. The van der Waals surface area contributed by atoms with Crippen molar-refractivity contribution < 1.29 is 13.0 Å². The molecule has 0 saturated carbocycles. The van der Waals surface area contributed by atoms with Gasteiger partial charge in [-0.15, -0.1) is 0 Å². The van der Waals surface area contributed by atoms with Crippen LogP contribution >= 0.6 is 0 Å². The van der Waals surface area contributed by atoms with Crippen molar-refractivity contribution in [1.29, 1.82) is 0 Å². The minimum Gasteiger partial charge on any atom is -0.282 e. The molecule has 0 aromatic carbocycles. The minimum atomic E-state index is -4.25. The summed E-state index contributed by atoms with van der Waals surface area (Å²) in [6, 6.07) is 1.69. The van der Waals surface area contributed by atoms with Gasteiger partial charge in [-0.05, 0) is 13.0 Å². The van der Waals surface area contributed by atoms with E-state index in [-0.39, 0.29) is 10.5 Å². The molecule has 2 heterocycles. The van der Waals surface area contributed by atoms with Gasteiger partial charge >= 0.3 is 0 Å². The van der Waals surface area contributed by atoms with Gasteiger partial charge in [-0.3, -0.25) is 4.55 Å². The third-order valence-corrected chi connectivity index (χ3v) is 2.60. The molecule has 0 amide bonds. The van der Waals surface area contributed by atoms with E-state index in [0.29, 0.717) is 5.69 Å². The molecule has 0 saturated heterocycles. The zero-order chi connectivity index (χ0) is 10.3. The first-order valence-corrected chi connectivity index (χ1v) is 5.21. The molecule has 1 N–H and O–H groups in total. The Hall–Kier alpha value is -1.47. The molecule has 0 aliphatic carbocycles. The summed E-state index contributed by atoms with van der Waals surface area (Å²) < 4.78 is 31.9. The van der Waals surface area contributed by atoms with Crippen molar-refractivity contribution in [3.63, 3.8) is 0 Å². The van der Waals surface area contributed by atoms with Crippen LogP contribution in [0.1, 0.15) is 5.69 Å². The van der Waals surface area contributed by atoms with Gasteiger partial charge in [0.15, 0.2) is 10.5 Å². The fourth-order valence-corrected chi connectivity index (χ4v) is 1.67. The first kappa shape index (κ1) is 9.10. The highest BCUT2D eigenvalue weighted by atomic mass is 32.2. The molecule has 0 radical (unpaired) electrons. The Morgan fingerprint density at radius 2 is 2.21 bits per heavy atom. The predicted molar refractivity (Wildman–Crippen MR) is 47.5 cm³/mol. The number of hydrogen-bond acceptors (Lipinski definition) is 4. The highest BCUT2D eigenvalue weighted by molar-refractivity contribution is 7.86. The average Bonchev–Trinajstić information content (AvgIpc) is 2.45. The van der Waals surface area contributed by atoms with E-state index in [9.17, 15) is 8.42 Å². The quantitative estimate of drug-likeness (QED) is 0.688. The molecule has 0 spiro atoms. The normalized spacial score (nSPS) is 12.1. The van der Waals surface area contributed by atoms with Gasteiger partial charge in [0.05, 0.1) is 6.20 Å². The molecule has 2 aromatic heterocycles. The summed E-state index contributed by atoms with van der Waals surface area (Å²) in [7, 11) is -4.25. The molecule has 0 fully saturated rings. The van der Waals surface area contributed by atoms with Crippen LogP contribution in [-0.4, -0.2) is 27.6 Å². The van der Waals surface area contributed by atoms with Crippen LogP contribution < -0.4 is 0 Å². The molecule has 2 aromatic rings. The van der Waals surface area contributed by atoms with E-state index in [1.165, 1.54) is 4.52 Å². The van der Waals surface area contributed by atoms with E-state index in [0.717, 1.165) is 6.20 Å². The molecule has 7 heteroatoms. The third-order valence-electron chi connectivity index (χ3n) is 1.75. The van der Waals surface area contributed by atoms with Crippen molar-refractivity contribution in [1.82, 2.24) is 14.6 Å². The van der Waals surface area contributed by atoms with Crippen LogP contribution in [0.15, 0.2) is 23.4 Å². The second-order valence-corrected chi connectivity index (χ2v) is 4.21. The number of aromatic nitrogens is 3. The fraction of sp³-hybridized carbons (Fsp3) is 0.143. The smallest absolute Gasteiger partial charge is 0.282 e. The van der Waals surface area contributed by atoms with Crippen LogP contribution in [0, 0.1) is 6.92 Å². The fourth-order valence-electron chi connectivity index (χ4n) is 1.12. The number of aryl methyl sites for hydroxylation is 1. The first-order chi connectivity index (χ1) is 6.48. The highest BCUT2D eigenvalue weighted by Gasteiger charge is 2.17. The Labute approximate surface area is 80.0 Å². The Balaban J connectivity index is 2.87. The summed E-state index contributed by atoms with van der Waals surface area (Å²) in [5.41, 5.74) is 0.787. The minimum absolute atomic E-state index is 0.132. The summed E-state index contributed by atoms with van der Waals surface area (Å²) in [6.45, 7) is 1.72. The Morgan fingerprint density at radius 3 is 2.86 bits per heavy atom. The van der Waals surface area contributed by atoms with Crippen molar-refractivity contribution in [2.24, 2.45) is 0 Å². The van der Waals surface area contributed by atoms with Crippen molar-refractivity contribution >= 4 is 15.8 Å². The lowest BCUT2D eigenvalue weighted by Crippen LogP contribution is -1.99. The van der Waals surface area contributed by atoms with Gasteiger partial charge in [0, 0.05) is 11.9 Å². The van der Waals surface area contributed by atoms with Crippen LogP contribution in [0.4, 0.5) is 0 Å². The van der Waals surface area contributed by atoms with Crippen LogP contribution in [0.5, 0.6) is 0 Å². The molecule has 0 aliphatic rings. The molecule has 2 rings (SSSR count). The summed E-state index contributed by atoms with van der Waals surface area (Å²) in [6.07, 6.45) is 2.64. The Morgan fingerprint density at radius 1 is 1.50 bits per heavy atom. The van der Waals surface area contributed by atoms with Crippen molar-refractivity contribution in [3.05, 3.63) is 24.2 Å². The largest absolute Gasteiger partial charge is 0.299 e. The van der Waals surface area contributed by atoms with Crippen molar-refractivity contribution in [3.8, 4) is 0 Å². The SMILES string of the molecule is Cc1ccn2ncc(S(=O)(=O)O)c2n1. The van der Waals surface area contributed by atoms with Gasteiger partial charge < -0.3 is 0 Å². The van der Waals surface area contributed by atoms with Gasteiger partial charge in [0.25, 0.3) is 10.1 Å². The van der Waals surface area contributed by atoms with Crippen LogP contribution in [0.25, 0.3) is 5.65 Å². The summed E-state index contributed by atoms with van der Waals surface area (Å²) in [4.78, 5) is 3.69. The number of rotatable bonds is 1. The van der Waals surface area contributed by atoms with E-state index < -0.39 is 10.1 Å². The zero-order valence-corrected chi connectivity index (χ0v) is 8.06. The maximum absolute atomic E-state index is 10.9. The van der Waals surface area contributed by atoms with Gasteiger partial charge in [-0.2, -0.15) is 13.5 Å². The molecule has 0 atom stereocenters. The highest BCUT2D eigenvalue weighted by Crippen LogP contribution is 2.13. The van der Waals surface area contributed by atoms with E-state index in [1.807, 2.05) is 0 Å². The summed E-state index contributed by atoms with van der Waals surface area (Å²) in [5, 5.41) is 3.74. The number of fused-ring (bicyclic) bond motifs is 1. The van der Waals surface area contributed by atoms with Crippen LogP contribution in [-0.2, 0) is 10.1 Å². The lowest BCUT2D eigenvalue weighted by Gasteiger charge is -1.95. The molecule has 0 unspecified atom stereocenters. The topological polar surface area (TPSA) is 84.6 Å². The van der Waals surface area contributed by atoms with Gasteiger partial charge in [0.1, 0.15) is 0 Å². The van der Waals surface area contributed by atoms with E-state index in [2.05, 4.69) is 10.1 Å². The van der Waals surface area contributed by atoms with Crippen molar-refractivity contribution in [2.75, 3.05) is 0 Å². The molecule has 0 bridgehead atoms. The Kier molecular flexibility index (Phi) is 1.79. The second kappa shape index (κ2) is 2.76. The van der Waals surface area contributed by atoms with Gasteiger partial charge in [-0.25, -0.2) is 9.50 Å². The average molecular weight is 213 g/mol. The maximum Gasteiger partial charge on any atom is 0.299 e. The first-order valence-electron chi connectivity index (χ1n) is 3.77. The summed E-state index contributed by atoms with van der Waals surface area (Å²) in [5.74, 6) is 0. The molecular formula is C7H7N3O3S. The van der Waals surface area contributed by atoms with E-state index in [1.54, 1.807) is 19.2 Å². The van der Waals surface area contributed by atoms with Crippen LogP contribution in [0.3, 0.4) is 0 Å². The molecule has 74 valence electrons. The van der Waals surface area contributed by atoms with Gasteiger partial charge in [-0.1, -0.05) is 0 Å². The van der Waals surface area contributed by atoms with E-state index >= 15 is 0 Å². The molecule has 6 nitrogen and oxygen atoms in total. The predicted octanol–water partition coefficient (Wildman–Crippen LogP) is 0.284. The second-order valence-electron chi connectivity index (χ2n) is 2.82. The lowest BCUT2D eigenvalue weighted by atomic mass is 10.4. The number of hydrogen-bond donors (Lipinski definition) is 1. The van der Waals surface area contributed by atoms with Gasteiger partial charge in [0.2, 0.25) is 0 Å². The monoisotopic (exact) mass is 213 g/mol. The molecule has 0 aliphatic heterocycles.